The topological polar surface area (TPSA) is 45.4 Å². The number of halogens is 1. The van der Waals surface area contributed by atoms with Gasteiger partial charge in [-0.2, -0.15) is 0 Å². The molecule has 0 saturated carbocycles. The van der Waals surface area contributed by atoms with E-state index in [1.807, 2.05) is 12.1 Å². The summed E-state index contributed by atoms with van der Waals surface area (Å²) < 4.78 is 1.06. The zero-order chi connectivity index (χ0) is 14.1. The molecule has 0 atom stereocenters. The van der Waals surface area contributed by atoms with Crippen LogP contribution in [0.4, 0.5) is 11.4 Å². The zero-order valence-corrected chi connectivity index (χ0v) is 13.2. The Labute approximate surface area is 127 Å². The monoisotopic (exact) mass is 334 g/mol. The van der Waals surface area contributed by atoms with E-state index >= 15 is 0 Å². The lowest BCUT2D eigenvalue weighted by Crippen LogP contribution is -2.46. The van der Waals surface area contributed by atoms with Crippen LogP contribution in [0.1, 0.15) is 6.92 Å². The lowest BCUT2D eigenvalue weighted by atomic mass is 10.1. The van der Waals surface area contributed by atoms with Gasteiger partial charge in [0.15, 0.2) is 0 Å². The minimum atomic E-state index is 0.764. The predicted octanol–water partition coefficient (Wildman–Crippen LogP) is 2.72. The first-order valence-corrected chi connectivity index (χ1v) is 7.79. The van der Waals surface area contributed by atoms with E-state index in [0.717, 1.165) is 59.5 Å². The van der Waals surface area contributed by atoms with Crippen molar-refractivity contribution in [3.63, 3.8) is 0 Å². The molecule has 0 spiro atoms. The predicted molar refractivity (Wildman–Crippen MR) is 88.2 cm³/mol. The Kier molecular flexibility index (Phi) is 3.81. The van der Waals surface area contributed by atoms with Crippen molar-refractivity contribution in [1.29, 1.82) is 0 Å². The zero-order valence-electron chi connectivity index (χ0n) is 11.6. The first-order valence-electron chi connectivity index (χ1n) is 7.00. The molecule has 0 radical (unpaired) electrons. The number of piperazine rings is 1. The third-order valence-corrected chi connectivity index (χ3v) is 4.46. The standard InChI is InChI=1S/C15H19BrN4/c1-2-19-5-7-20(8-6-19)15-12-9-11(16)3-4-14(12)18-10-13(15)17/h3-4,9-10H,2,5-8,17H2,1H3. The van der Waals surface area contributed by atoms with E-state index in [1.54, 1.807) is 6.20 Å². The maximum absolute atomic E-state index is 6.20. The van der Waals surface area contributed by atoms with Gasteiger partial charge in [-0.1, -0.05) is 22.9 Å². The molecule has 2 aromatic rings. The molecule has 1 aromatic carbocycles. The van der Waals surface area contributed by atoms with Crippen molar-refractivity contribution in [2.45, 2.75) is 6.92 Å². The molecule has 1 aliphatic heterocycles. The van der Waals surface area contributed by atoms with Crippen LogP contribution in [-0.2, 0) is 0 Å². The lowest BCUT2D eigenvalue weighted by molar-refractivity contribution is 0.271. The minimum Gasteiger partial charge on any atom is -0.396 e. The normalized spacial score (nSPS) is 16.8. The van der Waals surface area contributed by atoms with Crippen LogP contribution in [0, 0.1) is 0 Å². The molecule has 20 heavy (non-hydrogen) atoms. The van der Waals surface area contributed by atoms with Crippen LogP contribution in [0.3, 0.4) is 0 Å². The van der Waals surface area contributed by atoms with Gasteiger partial charge in [0.05, 0.1) is 23.1 Å². The summed E-state index contributed by atoms with van der Waals surface area (Å²) in [5.41, 5.74) is 9.09. The van der Waals surface area contributed by atoms with Crippen LogP contribution in [0.15, 0.2) is 28.9 Å². The summed E-state index contributed by atoms with van der Waals surface area (Å²) in [7, 11) is 0. The first kappa shape index (κ1) is 13.6. The van der Waals surface area contributed by atoms with E-state index in [-0.39, 0.29) is 0 Å². The molecule has 1 fully saturated rings. The number of benzene rings is 1. The summed E-state index contributed by atoms with van der Waals surface area (Å²) >= 11 is 3.54. The van der Waals surface area contributed by atoms with Crippen molar-refractivity contribution in [3.8, 4) is 0 Å². The largest absolute Gasteiger partial charge is 0.396 e. The average Bonchev–Trinajstić information content (AvgIpc) is 2.47. The molecular weight excluding hydrogens is 316 g/mol. The maximum atomic E-state index is 6.20. The molecule has 5 heteroatoms. The highest BCUT2D eigenvalue weighted by Crippen LogP contribution is 2.33. The van der Waals surface area contributed by atoms with E-state index in [4.69, 9.17) is 5.73 Å². The van der Waals surface area contributed by atoms with Crippen LogP contribution in [0.2, 0.25) is 0 Å². The minimum absolute atomic E-state index is 0.764. The van der Waals surface area contributed by atoms with E-state index in [0.29, 0.717) is 0 Å². The third kappa shape index (κ3) is 2.47. The number of anilines is 2. The molecule has 3 rings (SSSR count). The summed E-state index contributed by atoms with van der Waals surface area (Å²) in [5.74, 6) is 0. The molecule has 1 aromatic heterocycles. The van der Waals surface area contributed by atoms with Gasteiger partial charge in [0.2, 0.25) is 0 Å². The summed E-state index contributed by atoms with van der Waals surface area (Å²) in [4.78, 5) is 9.28. The van der Waals surface area contributed by atoms with Gasteiger partial charge in [0.25, 0.3) is 0 Å². The number of fused-ring (bicyclic) bond motifs is 1. The van der Waals surface area contributed by atoms with Gasteiger partial charge in [-0.05, 0) is 24.7 Å². The van der Waals surface area contributed by atoms with Crippen molar-refractivity contribution < 1.29 is 0 Å². The molecule has 106 valence electrons. The fraction of sp³-hybridized carbons (Fsp3) is 0.400. The maximum Gasteiger partial charge on any atom is 0.0745 e. The van der Waals surface area contributed by atoms with Gasteiger partial charge < -0.3 is 15.5 Å². The van der Waals surface area contributed by atoms with Gasteiger partial charge >= 0.3 is 0 Å². The molecule has 0 unspecified atom stereocenters. The van der Waals surface area contributed by atoms with Crippen molar-refractivity contribution in [2.75, 3.05) is 43.4 Å². The SMILES string of the molecule is CCN1CCN(c2c(N)cnc3ccc(Br)cc23)CC1. The Balaban J connectivity index is 2.02. The Morgan fingerprint density at radius 1 is 1.25 bits per heavy atom. The van der Waals surface area contributed by atoms with Crippen molar-refractivity contribution in [1.82, 2.24) is 9.88 Å². The second-order valence-corrected chi connectivity index (χ2v) is 6.06. The van der Waals surface area contributed by atoms with Crippen LogP contribution < -0.4 is 10.6 Å². The van der Waals surface area contributed by atoms with E-state index in [2.05, 4.69) is 43.7 Å². The summed E-state index contributed by atoms with van der Waals surface area (Å²) in [6.07, 6.45) is 1.78. The smallest absolute Gasteiger partial charge is 0.0745 e. The lowest BCUT2D eigenvalue weighted by Gasteiger charge is -2.36. The summed E-state index contributed by atoms with van der Waals surface area (Å²) in [6.45, 7) is 7.55. The molecule has 0 amide bonds. The number of likely N-dealkylation sites (N-methyl/N-ethyl adjacent to an activating group) is 1. The number of nitrogens with zero attached hydrogens (tertiary/aromatic N) is 3. The second-order valence-electron chi connectivity index (χ2n) is 5.14. The fourth-order valence-corrected chi connectivity index (χ4v) is 3.17. The number of nitrogens with two attached hydrogens (primary N) is 1. The van der Waals surface area contributed by atoms with Gasteiger partial charge in [0.1, 0.15) is 0 Å². The molecular formula is C15H19BrN4. The Morgan fingerprint density at radius 3 is 2.70 bits per heavy atom. The second kappa shape index (κ2) is 5.58. The first-order chi connectivity index (χ1) is 9.69. The average molecular weight is 335 g/mol. The molecule has 2 heterocycles. The van der Waals surface area contributed by atoms with E-state index in [1.165, 1.54) is 0 Å². The Morgan fingerprint density at radius 2 is 2.00 bits per heavy atom. The van der Waals surface area contributed by atoms with Crippen LogP contribution in [-0.4, -0.2) is 42.6 Å². The number of rotatable bonds is 2. The van der Waals surface area contributed by atoms with Crippen molar-refractivity contribution in [2.24, 2.45) is 0 Å². The molecule has 0 aliphatic carbocycles. The molecule has 2 N–H and O–H groups in total. The van der Waals surface area contributed by atoms with Gasteiger partial charge in [-0.3, -0.25) is 4.98 Å². The number of hydrogen-bond acceptors (Lipinski definition) is 4. The highest BCUT2D eigenvalue weighted by atomic mass is 79.9. The van der Waals surface area contributed by atoms with Crippen molar-refractivity contribution >= 4 is 38.2 Å². The highest BCUT2D eigenvalue weighted by Gasteiger charge is 2.20. The van der Waals surface area contributed by atoms with E-state index < -0.39 is 0 Å². The molecule has 4 nitrogen and oxygen atoms in total. The molecule has 0 bridgehead atoms. The van der Waals surface area contributed by atoms with Crippen LogP contribution in [0.25, 0.3) is 10.9 Å². The van der Waals surface area contributed by atoms with Crippen LogP contribution in [0.5, 0.6) is 0 Å². The highest BCUT2D eigenvalue weighted by molar-refractivity contribution is 9.10. The summed E-state index contributed by atoms with van der Waals surface area (Å²) in [5, 5.41) is 1.13. The number of nitrogen functional groups attached to an aromatic ring is 1. The molecule has 1 saturated heterocycles. The number of aromatic nitrogens is 1. The van der Waals surface area contributed by atoms with Gasteiger partial charge in [0, 0.05) is 36.0 Å². The quantitative estimate of drug-likeness (QED) is 0.917. The number of hydrogen-bond donors (Lipinski definition) is 1. The summed E-state index contributed by atoms with van der Waals surface area (Å²) in [6, 6.07) is 6.16. The third-order valence-electron chi connectivity index (χ3n) is 3.97. The Bertz CT molecular complexity index is 615. The molecule has 1 aliphatic rings. The van der Waals surface area contributed by atoms with E-state index in [9.17, 15) is 0 Å². The van der Waals surface area contributed by atoms with Crippen LogP contribution >= 0.6 is 15.9 Å². The number of pyridine rings is 1. The Hall–Kier alpha value is -1.33. The van der Waals surface area contributed by atoms with Crippen molar-refractivity contribution in [3.05, 3.63) is 28.9 Å². The van der Waals surface area contributed by atoms with Gasteiger partial charge in [-0.15, -0.1) is 0 Å². The van der Waals surface area contributed by atoms with Gasteiger partial charge in [-0.25, -0.2) is 0 Å². The fourth-order valence-electron chi connectivity index (χ4n) is 2.81.